The zero-order chi connectivity index (χ0) is 26.3. The van der Waals surface area contributed by atoms with Gasteiger partial charge in [0, 0.05) is 38.4 Å². The van der Waals surface area contributed by atoms with Crippen LogP contribution in [-0.2, 0) is 0 Å². The maximum atomic E-state index is 14.5. The number of rotatable bonds is 7. The molecule has 2 atom stereocenters. The number of nitrogens with zero attached hydrogens (tertiary/aromatic N) is 3. The van der Waals surface area contributed by atoms with Crippen LogP contribution >= 0.6 is 23.2 Å². The number of hydrogen-bond acceptors (Lipinski definition) is 5. The summed E-state index contributed by atoms with van der Waals surface area (Å²) < 4.78 is 14.5. The third-order valence-electron chi connectivity index (χ3n) is 6.93. The molecular formula is C27H25Cl2FN4O3. The van der Waals surface area contributed by atoms with Gasteiger partial charge in [0.1, 0.15) is 11.5 Å². The van der Waals surface area contributed by atoms with Gasteiger partial charge in [0.05, 0.1) is 33.6 Å². The summed E-state index contributed by atoms with van der Waals surface area (Å²) in [7, 11) is 1.60. The lowest BCUT2D eigenvalue weighted by Crippen LogP contribution is -2.31. The maximum Gasteiger partial charge on any atom is 0.269 e. The Morgan fingerprint density at radius 1 is 1.16 bits per heavy atom. The fourth-order valence-electron chi connectivity index (χ4n) is 4.85. The van der Waals surface area contributed by atoms with E-state index < -0.39 is 17.6 Å². The molecule has 5 rings (SSSR count). The van der Waals surface area contributed by atoms with Crippen molar-refractivity contribution in [1.82, 2.24) is 10.3 Å². The summed E-state index contributed by atoms with van der Waals surface area (Å²) in [6, 6.07) is 11.3. The minimum Gasteiger partial charge on any atom is -0.395 e. The summed E-state index contributed by atoms with van der Waals surface area (Å²) in [5.41, 5.74) is 2.76. The van der Waals surface area contributed by atoms with Crippen LogP contribution in [0.15, 0.2) is 48.7 Å². The summed E-state index contributed by atoms with van der Waals surface area (Å²) in [5.74, 6) is -0.392. The Bertz CT molecular complexity index is 1360. The summed E-state index contributed by atoms with van der Waals surface area (Å²) >= 11 is 12.7. The van der Waals surface area contributed by atoms with E-state index in [4.69, 9.17) is 28.3 Å². The highest BCUT2D eigenvalue weighted by Crippen LogP contribution is 2.48. The Kier molecular flexibility index (Phi) is 7.07. The first-order valence-electron chi connectivity index (χ1n) is 11.9. The molecule has 0 spiro atoms. The SMILES string of the molecule is CN(C(=O)c1c(F)cccc1Cl)c1ccc(-c2cc(C(=O)NCCO)ncc2Cl)cc1N1CC2CC2C1. The van der Waals surface area contributed by atoms with Crippen LogP contribution in [0.4, 0.5) is 15.8 Å². The third kappa shape index (κ3) is 5.01. The zero-order valence-corrected chi connectivity index (χ0v) is 21.6. The highest BCUT2D eigenvalue weighted by Gasteiger charge is 2.45. The number of piperidine rings is 1. The van der Waals surface area contributed by atoms with E-state index in [1.54, 1.807) is 25.2 Å². The number of aliphatic hydroxyl groups excluding tert-OH is 1. The molecular weight excluding hydrogens is 518 g/mol. The Hall–Kier alpha value is -3.20. The van der Waals surface area contributed by atoms with E-state index in [1.807, 2.05) is 6.07 Å². The number of pyridine rings is 1. The number of benzene rings is 2. The number of halogens is 3. The second-order valence-electron chi connectivity index (χ2n) is 9.35. The van der Waals surface area contributed by atoms with Gasteiger partial charge in [-0.25, -0.2) is 9.37 Å². The maximum absolute atomic E-state index is 14.5. The Balaban J connectivity index is 1.54. The minimum absolute atomic E-state index is 0.0491. The first kappa shape index (κ1) is 25.4. The number of hydrogen-bond donors (Lipinski definition) is 2. The highest BCUT2D eigenvalue weighted by atomic mass is 35.5. The minimum atomic E-state index is -0.680. The Morgan fingerprint density at radius 2 is 1.92 bits per heavy atom. The molecule has 2 heterocycles. The number of anilines is 2. The number of carbonyl (C=O) groups excluding carboxylic acids is 2. The van der Waals surface area contributed by atoms with Crippen molar-refractivity contribution in [2.45, 2.75) is 6.42 Å². The van der Waals surface area contributed by atoms with Crippen LogP contribution in [0.2, 0.25) is 10.0 Å². The molecule has 2 aromatic carbocycles. The third-order valence-corrected chi connectivity index (χ3v) is 7.55. The second-order valence-corrected chi connectivity index (χ2v) is 10.2. The first-order chi connectivity index (χ1) is 17.8. The quantitative estimate of drug-likeness (QED) is 0.453. The molecule has 2 fully saturated rings. The average Bonchev–Trinajstić information content (AvgIpc) is 3.51. The van der Waals surface area contributed by atoms with Crippen LogP contribution in [0.1, 0.15) is 27.3 Å². The largest absolute Gasteiger partial charge is 0.395 e. The standard InChI is InChI=1S/C27H25Cl2FN4O3/c1-33(27(37)25-19(28)3-2-4-21(25)30)23-6-5-15(10-24(23)34-13-16-9-17(16)14-34)18-11-22(32-12-20(18)29)26(36)31-7-8-35/h2-6,10-12,16-17,35H,7-9,13-14H2,1H3,(H,31,36). The van der Waals surface area contributed by atoms with Gasteiger partial charge in [-0.05, 0) is 54.2 Å². The lowest BCUT2D eigenvalue weighted by atomic mass is 10.0. The predicted octanol–water partition coefficient (Wildman–Crippen LogP) is 4.65. The summed E-state index contributed by atoms with van der Waals surface area (Å²) in [5, 5.41) is 12.0. The molecule has 1 aliphatic heterocycles. The van der Waals surface area contributed by atoms with Crippen molar-refractivity contribution in [3.8, 4) is 11.1 Å². The van der Waals surface area contributed by atoms with Gasteiger partial charge in [-0.1, -0.05) is 35.3 Å². The summed E-state index contributed by atoms with van der Waals surface area (Å²) in [6.07, 6.45) is 2.62. The van der Waals surface area contributed by atoms with Crippen LogP contribution in [0.5, 0.6) is 0 Å². The van der Waals surface area contributed by atoms with Gasteiger partial charge in [0.25, 0.3) is 11.8 Å². The van der Waals surface area contributed by atoms with Crippen molar-refractivity contribution in [2.75, 3.05) is 43.1 Å². The molecule has 2 amide bonds. The van der Waals surface area contributed by atoms with E-state index in [9.17, 15) is 14.0 Å². The van der Waals surface area contributed by atoms with Gasteiger partial charge in [-0.3, -0.25) is 9.59 Å². The molecule has 1 saturated carbocycles. The van der Waals surface area contributed by atoms with Crippen LogP contribution in [0.3, 0.4) is 0 Å². The van der Waals surface area contributed by atoms with Crippen molar-refractivity contribution < 1.29 is 19.1 Å². The van der Waals surface area contributed by atoms with E-state index in [0.29, 0.717) is 28.1 Å². The number of amides is 2. The van der Waals surface area contributed by atoms with E-state index in [-0.39, 0.29) is 29.4 Å². The molecule has 1 aliphatic carbocycles. The number of nitrogens with one attached hydrogen (secondary N) is 1. The fourth-order valence-corrected chi connectivity index (χ4v) is 5.30. The number of fused-ring (bicyclic) bond motifs is 1. The molecule has 192 valence electrons. The molecule has 2 aliphatic rings. The number of aliphatic hydroxyl groups is 1. The lowest BCUT2D eigenvalue weighted by molar-refractivity contribution is 0.0938. The van der Waals surface area contributed by atoms with Crippen molar-refractivity contribution in [3.05, 3.63) is 75.8 Å². The Labute approximate surface area is 223 Å². The van der Waals surface area contributed by atoms with Crippen LogP contribution < -0.4 is 15.1 Å². The predicted molar refractivity (Wildman–Crippen MR) is 142 cm³/mol. The molecule has 2 N–H and O–H groups in total. The summed E-state index contributed by atoms with van der Waals surface area (Å²) in [4.78, 5) is 33.5. The van der Waals surface area contributed by atoms with Gasteiger partial charge in [-0.2, -0.15) is 0 Å². The molecule has 1 aromatic heterocycles. The fraction of sp³-hybridized carbons (Fsp3) is 0.296. The average molecular weight is 543 g/mol. The molecule has 0 bridgehead atoms. The van der Waals surface area contributed by atoms with Gasteiger partial charge >= 0.3 is 0 Å². The van der Waals surface area contributed by atoms with Crippen LogP contribution in [-0.4, -0.2) is 55.2 Å². The molecule has 7 nitrogen and oxygen atoms in total. The molecule has 1 saturated heterocycles. The van der Waals surface area contributed by atoms with E-state index in [1.165, 1.54) is 35.7 Å². The molecule has 3 aromatic rings. The summed E-state index contributed by atoms with van der Waals surface area (Å²) in [6.45, 7) is 1.66. The van der Waals surface area contributed by atoms with Crippen molar-refractivity contribution in [1.29, 1.82) is 0 Å². The van der Waals surface area contributed by atoms with Gasteiger partial charge in [0.15, 0.2) is 0 Å². The van der Waals surface area contributed by atoms with Gasteiger partial charge in [-0.15, -0.1) is 0 Å². The monoisotopic (exact) mass is 542 g/mol. The molecule has 37 heavy (non-hydrogen) atoms. The van der Waals surface area contributed by atoms with Crippen molar-refractivity contribution in [2.24, 2.45) is 11.8 Å². The van der Waals surface area contributed by atoms with Crippen LogP contribution in [0, 0.1) is 17.7 Å². The number of aromatic nitrogens is 1. The molecule has 0 radical (unpaired) electrons. The second kappa shape index (κ2) is 10.3. The van der Waals surface area contributed by atoms with E-state index >= 15 is 0 Å². The topological polar surface area (TPSA) is 85.8 Å². The lowest BCUT2D eigenvalue weighted by Gasteiger charge is -2.29. The zero-order valence-electron chi connectivity index (χ0n) is 20.0. The van der Waals surface area contributed by atoms with E-state index in [2.05, 4.69) is 15.2 Å². The molecule has 2 unspecified atom stereocenters. The van der Waals surface area contributed by atoms with E-state index in [0.717, 1.165) is 24.3 Å². The smallest absolute Gasteiger partial charge is 0.269 e. The van der Waals surface area contributed by atoms with Gasteiger partial charge in [0.2, 0.25) is 0 Å². The van der Waals surface area contributed by atoms with Crippen LogP contribution in [0.25, 0.3) is 11.1 Å². The van der Waals surface area contributed by atoms with Crippen molar-refractivity contribution in [3.63, 3.8) is 0 Å². The molecule has 10 heteroatoms. The highest BCUT2D eigenvalue weighted by molar-refractivity contribution is 6.34. The first-order valence-corrected chi connectivity index (χ1v) is 12.7. The number of carbonyl (C=O) groups is 2. The van der Waals surface area contributed by atoms with Gasteiger partial charge < -0.3 is 20.2 Å². The van der Waals surface area contributed by atoms with Crippen molar-refractivity contribution >= 4 is 46.4 Å². The normalized spacial score (nSPS) is 17.9. The Morgan fingerprint density at radius 3 is 2.62 bits per heavy atom.